The summed E-state index contributed by atoms with van der Waals surface area (Å²) in [6.07, 6.45) is -5.79. The molecule has 1 aliphatic heterocycles. The summed E-state index contributed by atoms with van der Waals surface area (Å²) >= 11 is 0. The normalized spacial score (nSPS) is 25.9. The molecule has 0 aliphatic carbocycles. The molecule has 1 aromatic carbocycles. The molecule has 1 N–H and O–H groups in total. The Kier molecular flexibility index (Phi) is 4.13. The van der Waals surface area contributed by atoms with E-state index < -0.39 is 24.4 Å². The van der Waals surface area contributed by atoms with Crippen LogP contribution in [0, 0.1) is 0 Å². The molecule has 1 saturated heterocycles. The van der Waals surface area contributed by atoms with Gasteiger partial charge in [0.2, 0.25) is 0 Å². The topological polar surface area (TPSA) is 32.7 Å². The number of rotatable bonds is 4. The quantitative estimate of drug-likeness (QED) is 0.912. The molecule has 1 fully saturated rings. The third-order valence-electron chi connectivity index (χ3n) is 3.36. The van der Waals surface area contributed by atoms with Crippen molar-refractivity contribution in [3.8, 4) is 0 Å². The fourth-order valence-electron chi connectivity index (χ4n) is 2.46. The average molecular weight is 275 g/mol. The molecule has 0 radical (unpaired) electrons. The van der Waals surface area contributed by atoms with Crippen molar-refractivity contribution in [3.05, 3.63) is 35.9 Å². The summed E-state index contributed by atoms with van der Waals surface area (Å²) in [5.41, 5.74) is 0.755. The van der Waals surface area contributed by atoms with Crippen LogP contribution in [0.15, 0.2) is 30.3 Å². The summed E-state index contributed by atoms with van der Waals surface area (Å²) in [4.78, 5) is 1.24. The maximum absolute atomic E-state index is 12.9. The Morgan fingerprint density at radius 1 is 1.37 bits per heavy atom. The number of benzene rings is 1. The van der Waals surface area contributed by atoms with Crippen molar-refractivity contribution in [1.82, 2.24) is 4.90 Å². The third kappa shape index (κ3) is 2.91. The lowest BCUT2D eigenvalue weighted by molar-refractivity contribution is -0.259. The van der Waals surface area contributed by atoms with Crippen LogP contribution >= 0.6 is 0 Å². The van der Waals surface area contributed by atoms with E-state index >= 15 is 0 Å². The number of halogens is 3. The fraction of sp³-hybridized carbons (Fsp3) is 0.538. The van der Waals surface area contributed by atoms with Crippen LogP contribution in [0.3, 0.4) is 0 Å². The predicted molar refractivity (Wildman–Crippen MR) is 63.6 cm³/mol. The molecule has 0 aromatic heterocycles. The molecule has 2 rings (SSSR count). The van der Waals surface area contributed by atoms with Gasteiger partial charge in [-0.3, -0.25) is 4.90 Å². The maximum Gasteiger partial charge on any atom is 0.406 e. The molecule has 0 amide bonds. The standard InChI is InChI=1S/C13H16F3NO2/c1-19-8-10(9-5-3-2-4-6-9)17-7-11(18)12(17)13(14,15)16/h2-6,10-12,18H,7-8H2,1H3/t10-,11-,12+/m0/s1. The van der Waals surface area contributed by atoms with Gasteiger partial charge in [-0.2, -0.15) is 13.2 Å². The van der Waals surface area contributed by atoms with E-state index in [4.69, 9.17) is 4.74 Å². The minimum atomic E-state index is -4.43. The molecule has 0 unspecified atom stereocenters. The molecule has 1 aromatic rings. The fourth-order valence-corrected chi connectivity index (χ4v) is 2.46. The van der Waals surface area contributed by atoms with Gasteiger partial charge in [0.25, 0.3) is 0 Å². The van der Waals surface area contributed by atoms with Gasteiger partial charge in [-0.25, -0.2) is 0 Å². The highest BCUT2D eigenvalue weighted by Gasteiger charge is 2.56. The number of β-amino-alcohol motifs (C(OH)–C–C–N with tert-alkyl or cyclic N) is 1. The van der Waals surface area contributed by atoms with E-state index in [0.717, 1.165) is 5.56 Å². The van der Waals surface area contributed by atoms with Gasteiger partial charge in [0.15, 0.2) is 0 Å². The molecule has 3 nitrogen and oxygen atoms in total. The molecular formula is C13H16F3NO2. The molecule has 1 heterocycles. The number of ether oxygens (including phenoxy) is 1. The van der Waals surface area contributed by atoms with Crippen molar-refractivity contribution in [3.63, 3.8) is 0 Å². The second kappa shape index (κ2) is 5.48. The van der Waals surface area contributed by atoms with Crippen LogP contribution in [-0.2, 0) is 4.74 Å². The van der Waals surface area contributed by atoms with Crippen molar-refractivity contribution in [2.75, 3.05) is 20.3 Å². The number of methoxy groups -OCH3 is 1. The molecule has 0 spiro atoms. The Bertz CT molecular complexity index is 410. The van der Waals surface area contributed by atoms with Crippen LogP contribution in [0.2, 0.25) is 0 Å². The Morgan fingerprint density at radius 3 is 2.47 bits per heavy atom. The zero-order valence-corrected chi connectivity index (χ0v) is 10.5. The largest absolute Gasteiger partial charge is 0.406 e. The van der Waals surface area contributed by atoms with E-state index in [0.29, 0.717) is 0 Å². The Hall–Kier alpha value is -1.11. The SMILES string of the molecule is COC[C@@H](c1ccccc1)N1C[C@H](O)[C@@H]1C(F)(F)F. The number of hydrogen-bond acceptors (Lipinski definition) is 3. The maximum atomic E-state index is 12.9. The molecule has 0 saturated carbocycles. The molecule has 3 atom stereocenters. The van der Waals surface area contributed by atoms with Gasteiger partial charge in [-0.1, -0.05) is 30.3 Å². The molecule has 0 bridgehead atoms. The highest BCUT2D eigenvalue weighted by atomic mass is 19.4. The first-order valence-corrected chi connectivity index (χ1v) is 5.99. The van der Waals surface area contributed by atoms with Crippen molar-refractivity contribution >= 4 is 0 Å². The summed E-state index contributed by atoms with van der Waals surface area (Å²) in [7, 11) is 1.45. The number of nitrogens with zero attached hydrogens (tertiary/aromatic N) is 1. The van der Waals surface area contributed by atoms with Gasteiger partial charge < -0.3 is 9.84 Å². The van der Waals surface area contributed by atoms with Crippen molar-refractivity contribution < 1.29 is 23.0 Å². The zero-order valence-electron chi connectivity index (χ0n) is 10.5. The van der Waals surface area contributed by atoms with E-state index in [-0.39, 0.29) is 13.2 Å². The van der Waals surface area contributed by atoms with Gasteiger partial charge in [-0.15, -0.1) is 0 Å². The summed E-state index contributed by atoms with van der Waals surface area (Å²) in [6, 6.07) is 6.57. The van der Waals surface area contributed by atoms with Gasteiger partial charge in [0, 0.05) is 13.7 Å². The van der Waals surface area contributed by atoms with Gasteiger partial charge in [0.1, 0.15) is 6.04 Å². The summed E-state index contributed by atoms with van der Waals surface area (Å²) < 4.78 is 43.6. The number of aliphatic hydroxyl groups excluding tert-OH is 1. The molecule has 19 heavy (non-hydrogen) atoms. The number of hydrogen-bond donors (Lipinski definition) is 1. The summed E-state index contributed by atoms with van der Waals surface area (Å²) in [6.45, 7) is 0.163. The minimum absolute atomic E-state index is 0.00704. The number of aliphatic hydroxyl groups is 1. The van der Waals surface area contributed by atoms with Crippen LogP contribution in [0.25, 0.3) is 0 Å². The van der Waals surface area contributed by atoms with Crippen LogP contribution in [-0.4, -0.2) is 48.6 Å². The number of alkyl halides is 3. The Morgan fingerprint density at radius 2 is 2.00 bits per heavy atom. The first-order valence-electron chi connectivity index (χ1n) is 5.99. The van der Waals surface area contributed by atoms with E-state index in [1.807, 2.05) is 0 Å². The lowest BCUT2D eigenvalue weighted by Crippen LogP contribution is -2.67. The van der Waals surface area contributed by atoms with E-state index in [9.17, 15) is 18.3 Å². The summed E-state index contributed by atoms with van der Waals surface area (Å²) in [5, 5.41) is 9.38. The second-order valence-corrected chi connectivity index (χ2v) is 4.63. The van der Waals surface area contributed by atoms with Crippen LogP contribution in [0.1, 0.15) is 11.6 Å². The van der Waals surface area contributed by atoms with Crippen LogP contribution < -0.4 is 0 Å². The highest BCUT2D eigenvalue weighted by molar-refractivity contribution is 5.21. The zero-order chi connectivity index (χ0) is 14.0. The summed E-state index contributed by atoms with van der Waals surface area (Å²) in [5.74, 6) is 0. The average Bonchev–Trinajstić information content (AvgIpc) is 2.32. The van der Waals surface area contributed by atoms with Gasteiger partial charge >= 0.3 is 6.18 Å². The smallest absolute Gasteiger partial charge is 0.390 e. The Labute approximate surface area is 109 Å². The second-order valence-electron chi connectivity index (χ2n) is 4.63. The minimum Gasteiger partial charge on any atom is -0.390 e. The third-order valence-corrected chi connectivity index (χ3v) is 3.36. The van der Waals surface area contributed by atoms with Gasteiger partial charge in [-0.05, 0) is 5.56 Å². The molecule has 1 aliphatic rings. The lowest BCUT2D eigenvalue weighted by atomic mass is 9.93. The first kappa shape index (κ1) is 14.3. The van der Waals surface area contributed by atoms with E-state index in [1.54, 1.807) is 30.3 Å². The van der Waals surface area contributed by atoms with Crippen molar-refractivity contribution in [2.45, 2.75) is 24.4 Å². The van der Waals surface area contributed by atoms with Crippen molar-refractivity contribution in [2.24, 2.45) is 0 Å². The Balaban J connectivity index is 2.21. The predicted octanol–water partition coefficient (Wildman–Crippen LogP) is 1.98. The highest BCUT2D eigenvalue weighted by Crippen LogP contribution is 2.39. The monoisotopic (exact) mass is 275 g/mol. The van der Waals surface area contributed by atoms with E-state index in [1.165, 1.54) is 12.0 Å². The molecule has 6 heteroatoms. The lowest BCUT2D eigenvalue weighted by Gasteiger charge is -2.49. The van der Waals surface area contributed by atoms with E-state index in [2.05, 4.69) is 0 Å². The van der Waals surface area contributed by atoms with Crippen LogP contribution in [0.4, 0.5) is 13.2 Å². The molecule has 106 valence electrons. The molecular weight excluding hydrogens is 259 g/mol. The first-order chi connectivity index (χ1) is 8.95. The number of likely N-dealkylation sites (tertiary alicyclic amines) is 1. The van der Waals surface area contributed by atoms with Crippen LogP contribution in [0.5, 0.6) is 0 Å². The van der Waals surface area contributed by atoms with Gasteiger partial charge in [0.05, 0.1) is 18.8 Å². The van der Waals surface area contributed by atoms with Crippen molar-refractivity contribution in [1.29, 1.82) is 0 Å².